The number of nitrogens with zero attached hydrogens (tertiary/aromatic N) is 1. The Balaban J connectivity index is 3.22. The molecule has 0 saturated heterocycles. The second-order valence-corrected chi connectivity index (χ2v) is 2.61. The Bertz CT molecular complexity index is 57.9. The first-order chi connectivity index (χ1) is 4.20. The molecular formula is C7H16FN. The molecule has 0 aromatic rings. The highest BCUT2D eigenvalue weighted by Crippen LogP contribution is 1.97. The van der Waals surface area contributed by atoms with Gasteiger partial charge in [-0.1, -0.05) is 13.8 Å². The molecule has 56 valence electrons. The predicted octanol–water partition coefficient (Wildman–Crippen LogP) is 1.54. The molecule has 0 aliphatic rings. The van der Waals surface area contributed by atoms with Crippen molar-refractivity contribution in [1.29, 1.82) is 0 Å². The van der Waals surface area contributed by atoms with Crippen LogP contribution in [0.25, 0.3) is 0 Å². The second kappa shape index (κ2) is 4.74. The van der Waals surface area contributed by atoms with Gasteiger partial charge >= 0.3 is 0 Å². The van der Waals surface area contributed by atoms with Crippen molar-refractivity contribution in [3.05, 3.63) is 0 Å². The molecule has 0 saturated carbocycles. The summed E-state index contributed by atoms with van der Waals surface area (Å²) >= 11 is 0. The van der Waals surface area contributed by atoms with Crippen molar-refractivity contribution in [3.63, 3.8) is 0 Å². The molecule has 0 fully saturated rings. The lowest BCUT2D eigenvalue weighted by molar-refractivity contribution is 0.262. The fourth-order valence-corrected chi connectivity index (χ4v) is 0.710. The van der Waals surface area contributed by atoms with E-state index in [9.17, 15) is 4.39 Å². The quantitative estimate of drug-likeness (QED) is 0.562. The van der Waals surface area contributed by atoms with Crippen LogP contribution in [0.1, 0.15) is 13.8 Å². The maximum Gasteiger partial charge on any atom is 0.0932 e. The molecule has 1 unspecified atom stereocenters. The van der Waals surface area contributed by atoms with Crippen LogP contribution in [0.4, 0.5) is 4.39 Å². The zero-order valence-electron chi connectivity index (χ0n) is 6.52. The SMILES string of the molecule is CCN(C)CC(C)CF. The Hall–Kier alpha value is -0.110. The lowest BCUT2D eigenvalue weighted by atomic mass is 10.2. The minimum atomic E-state index is -0.204. The van der Waals surface area contributed by atoms with E-state index >= 15 is 0 Å². The smallest absolute Gasteiger partial charge is 0.0932 e. The molecule has 0 radical (unpaired) electrons. The maximum absolute atomic E-state index is 11.9. The van der Waals surface area contributed by atoms with Crippen LogP contribution in [-0.4, -0.2) is 31.7 Å². The third-order valence-corrected chi connectivity index (χ3v) is 1.43. The predicted molar refractivity (Wildman–Crippen MR) is 38.3 cm³/mol. The lowest BCUT2D eigenvalue weighted by Gasteiger charge is -2.16. The van der Waals surface area contributed by atoms with E-state index in [4.69, 9.17) is 0 Å². The van der Waals surface area contributed by atoms with Gasteiger partial charge in [0.2, 0.25) is 0 Å². The number of rotatable bonds is 4. The molecule has 9 heavy (non-hydrogen) atoms. The van der Waals surface area contributed by atoms with Crippen molar-refractivity contribution in [1.82, 2.24) is 4.90 Å². The van der Waals surface area contributed by atoms with Gasteiger partial charge in [-0.25, -0.2) is 0 Å². The van der Waals surface area contributed by atoms with E-state index in [1.54, 1.807) is 0 Å². The third-order valence-electron chi connectivity index (χ3n) is 1.43. The third kappa shape index (κ3) is 4.40. The van der Waals surface area contributed by atoms with Crippen molar-refractivity contribution >= 4 is 0 Å². The van der Waals surface area contributed by atoms with Gasteiger partial charge in [0.25, 0.3) is 0 Å². The van der Waals surface area contributed by atoms with Crippen molar-refractivity contribution in [2.75, 3.05) is 26.8 Å². The fraction of sp³-hybridized carbons (Fsp3) is 1.00. The zero-order valence-corrected chi connectivity index (χ0v) is 6.52. The molecule has 2 heteroatoms. The number of alkyl halides is 1. The van der Waals surface area contributed by atoms with Gasteiger partial charge in [-0.05, 0) is 19.5 Å². The summed E-state index contributed by atoms with van der Waals surface area (Å²) in [6, 6.07) is 0. The Morgan fingerprint density at radius 1 is 1.56 bits per heavy atom. The first-order valence-electron chi connectivity index (χ1n) is 3.45. The molecule has 0 amide bonds. The van der Waals surface area contributed by atoms with Gasteiger partial charge in [0.1, 0.15) is 0 Å². The molecule has 0 aromatic heterocycles. The summed E-state index contributed by atoms with van der Waals surface area (Å²) in [6.07, 6.45) is 0. The van der Waals surface area contributed by atoms with E-state index < -0.39 is 0 Å². The Morgan fingerprint density at radius 3 is 2.44 bits per heavy atom. The van der Waals surface area contributed by atoms with Crippen molar-refractivity contribution in [3.8, 4) is 0 Å². The molecule has 1 atom stereocenters. The van der Waals surface area contributed by atoms with Crippen LogP contribution in [0.3, 0.4) is 0 Å². The Labute approximate surface area is 56.9 Å². The summed E-state index contributed by atoms with van der Waals surface area (Å²) in [5.74, 6) is 0.190. The summed E-state index contributed by atoms with van der Waals surface area (Å²) < 4.78 is 11.9. The van der Waals surface area contributed by atoms with Crippen LogP contribution < -0.4 is 0 Å². The summed E-state index contributed by atoms with van der Waals surface area (Å²) in [5.41, 5.74) is 0. The summed E-state index contributed by atoms with van der Waals surface area (Å²) in [6.45, 7) is 5.67. The monoisotopic (exact) mass is 133 g/mol. The van der Waals surface area contributed by atoms with E-state index in [2.05, 4.69) is 11.8 Å². The highest BCUT2D eigenvalue weighted by atomic mass is 19.1. The molecule has 0 bridgehead atoms. The van der Waals surface area contributed by atoms with Crippen LogP contribution in [-0.2, 0) is 0 Å². The van der Waals surface area contributed by atoms with Crippen molar-refractivity contribution in [2.24, 2.45) is 5.92 Å². The van der Waals surface area contributed by atoms with Crippen LogP contribution in [0.15, 0.2) is 0 Å². The fourth-order valence-electron chi connectivity index (χ4n) is 0.710. The first kappa shape index (κ1) is 8.89. The van der Waals surface area contributed by atoms with E-state index in [0.29, 0.717) is 0 Å². The minimum absolute atomic E-state index is 0.190. The van der Waals surface area contributed by atoms with Gasteiger partial charge in [-0.2, -0.15) is 0 Å². The van der Waals surface area contributed by atoms with E-state index in [1.165, 1.54) is 0 Å². The van der Waals surface area contributed by atoms with Gasteiger partial charge in [-0.3, -0.25) is 4.39 Å². The largest absolute Gasteiger partial charge is 0.306 e. The first-order valence-corrected chi connectivity index (χ1v) is 3.45. The molecule has 0 spiro atoms. The molecule has 0 rings (SSSR count). The molecule has 1 nitrogen and oxygen atoms in total. The van der Waals surface area contributed by atoms with Crippen molar-refractivity contribution < 1.29 is 4.39 Å². The summed E-state index contributed by atoms with van der Waals surface area (Å²) in [4.78, 5) is 2.12. The van der Waals surface area contributed by atoms with Crippen LogP contribution in [0, 0.1) is 5.92 Å². The summed E-state index contributed by atoms with van der Waals surface area (Å²) in [7, 11) is 2.01. The minimum Gasteiger partial charge on any atom is -0.306 e. The van der Waals surface area contributed by atoms with Crippen LogP contribution in [0.2, 0.25) is 0 Å². The van der Waals surface area contributed by atoms with Crippen LogP contribution >= 0.6 is 0 Å². The Morgan fingerprint density at radius 2 is 2.11 bits per heavy atom. The topological polar surface area (TPSA) is 3.24 Å². The zero-order chi connectivity index (χ0) is 7.28. The van der Waals surface area contributed by atoms with E-state index in [0.717, 1.165) is 13.1 Å². The number of hydrogen-bond donors (Lipinski definition) is 0. The van der Waals surface area contributed by atoms with Gasteiger partial charge in [-0.15, -0.1) is 0 Å². The molecular weight excluding hydrogens is 117 g/mol. The number of hydrogen-bond acceptors (Lipinski definition) is 1. The van der Waals surface area contributed by atoms with E-state index in [1.807, 2.05) is 14.0 Å². The molecule has 0 N–H and O–H groups in total. The van der Waals surface area contributed by atoms with Gasteiger partial charge in [0.05, 0.1) is 6.67 Å². The average Bonchev–Trinajstić information content (AvgIpc) is 1.87. The highest BCUT2D eigenvalue weighted by molar-refractivity contribution is 4.54. The summed E-state index contributed by atoms with van der Waals surface area (Å²) in [5, 5.41) is 0. The molecule has 0 heterocycles. The standard InChI is InChI=1S/C7H16FN/c1-4-9(3)6-7(2)5-8/h7H,4-6H2,1-3H3. The van der Waals surface area contributed by atoms with Gasteiger partial charge < -0.3 is 4.90 Å². The van der Waals surface area contributed by atoms with Gasteiger partial charge in [0, 0.05) is 6.54 Å². The molecule has 0 aliphatic carbocycles. The lowest BCUT2D eigenvalue weighted by Crippen LogP contribution is -2.24. The van der Waals surface area contributed by atoms with E-state index in [-0.39, 0.29) is 12.6 Å². The average molecular weight is 133 g/mol. The normalized spacial score (nSPS) is 14.3. The van der Waals surface area contributed by atoms with Crippen molar-refractivity contribution in [2.45, 2.75) is 13.8 Å². The second-order valence-electron chi connectivity index (χ2n) is 2.61. The Kier molecular flexibility index (Phi) is 4.68. The van der Waals surface area contributed by atoms with Crippen LogP contribution in [0.5, 0.6) is 0 Å². The molecule has 0 aromatic carbocycles. The number of halogens is 1. The highest BCUT2D eigenvalue weighted by Gasteiger charge is 2.02. The van der Waals surface area contributed by atoms with Gasteiger partial charge in [0.15, 0.2) is 0 Å². The maximum atomic E-state index is 11.9. The molecule has 0 aliphatic heterocycles.